The van der Waals surface area contributed by atoms with Gasteiger partial charge < -0.3 is 14.5 Å². The molecule has 1 amide bonds. The van der Waals surface area contributed by atoms with Gasteiger partial charge in [-0.05, 0) is 36.4 Å². The van der Waals surface area contributed by atoms with Gasteiger partial charge in [0.1, 0.15) is 5.76 Å². The molecule has 0 bridgehead atoms. The van der Waals surface area contributed by atoms with Crippen molar-refractivity contribution >= 4 is 18.1 Å². The Bertz CT molecular complexity index is 557. The molecule has 0 aliphatic heterocycles. The number of furan rings is 1. The summed E-state index contributed by atoms with van der Waals surface area (Å²) < 4.78 is 9.91. The summed E-state index contributed by atoms with van der Waals surface area (Å²) in [6.07, 6.45) is 0.608. The van der Waals surface area contributed by atoms with Gasteiger partial charge in [0.25, 0.3) is 0 Å². The lowest BCUT2D eigenvalue weighted by molar-refractivity contribution is -0.105. The molecule has 18 heavy (non-hydrogen) atoms. The fourth-order valence-electron chi connectivity index (χ4n) is 1.50. The van der Waals surface area contributed by atoms with Crippen molar-refractivity contribution in [3.05, 3.63) is 42.2 Å². The number of nitrogens with one attached hydrogen (secondary N) is 1. The second-order valence-corrected chi connectivity index (χ2v) is 3.50. The molecule has 1 heterocycles. The van der Waals surface area contributed by atoms with Gasteiger partial charge >= 0.3 is 5.97 Å². The van der Waals surface area contributed by atoms with Crippen LogP contribution in [0.25, 0.3) is 11.3 Å². The van der Waals surface area contributed by atoms with E-state index in [4.69, 9.17) is 4.42 Å². The van der Waals surface area contributed by atoms with Crippen molar-refractivity contribution in [1.29, 1.82) is 0 Å². The fraction of sp³-hybridized carbons (Fsp3) is 0.0769. The lowest BCUT2D eigenvalue weighted by atomic mass is 10.1. The summed E-state index contributed by atoms with van der Waals surface area (Å²) in [6, 6.07) is 10.3. The first-order valence-corrected chi connectivity index (χ1v) is 5.23. The van der Waals surface area contributed by atoms with Gasteiger partial charge in [-0.25, -0.2) is 4.79 Å². The van der Waals surface area contributed by atoms with E-state index in [0.717, 1.165) is 5.56 Å². The molecule has 0 saturated carbocycles. The Labute approximate surface area is 103 Å². The van der Waals surface area contributed by atoms with Crippen LogP contribution in [-0.4, -0.2) is 19.5 Å². The minimum Gasteiger partial charge on any atom is -0.463 e. The van der Waals surface area contributed by atoms with Crippen LogP contribution in [-0.2, 0) is 9.53 Å². The zero-order valence-corrected chi connectivity index (χ0v) is 9.67. The smallest absolute Gasteiger partial charge is 0.373 e. The second kappa shape index (κ2) is 5.18. The number of anilines is 1. The molecule has 2 rings (SSSR count). The standard InChI is InChI=1S/C13H11NO4/c1-17-13(16)12-7-6-11(18-12)9-2-4-10(5-3-9)14-8-15/h2-8H,1H3,(H,14,15). The van der Waals surface area contributed by atoms with Crippen LogP contribution in [0.5, 0.6) is 0 Å². The van der Waals surface area contributed by atoms with Crippen LogP contribution in [0.15, 0.2) is 40.8 Å². The van der Waals surface area contributed by atoms with Crippen LogP contribution < -0.4 is 5.32 Å². The van der Waals surface area contributed by atoms with E-state index in [1.165, 1.54) is 7.11 Å². The summed E-state index contributed by atoms with van der Waals surface area (Å²) in [5, 5.41) is 2.53. The highest BCUT2D eigenvalue weighted by Gasteiger charge is 2.11. The molecule has 0 saturated heterocycles. The van der Waals surface area contributed by atoms with Crippen LogP contribution >= 0.6 is 0 Å². The van der Waals surface area contributed by atoms with Crippen LogP contribution in [0.1, 0.15) is 10.6 Å². The molecular weight excluding hydrogens is 234 g/mol. The highest BCUT2D eigenvalue weighted by molar-refractivity contribution is 5.87. The molecule has 1 aromatic carbocycles. The van der Waals surface area contributed by atoms with E-state index in [-0.39, 0.29) is 5.76 Å². The summed E-state index contributed by atoms with van der Waals surface area (Å²) in [4.78, 5) is 21.5. The van der Waals surface area contributed by atoms with Crippen molar-refractivity contribution in [3.63, 3.8) is 0 Å². The molecule has 5 heteroatoms. The predicted molar refractivity (Wildman–Crippen MR) is 65.2 cm³/mol. The topological polar surface area (TPSA) is 68.5 Å². The quantitative estimate of drug-likeness (QED) is 0.662. The van der Waals surface area contributed by atoms with Crippen molar-refractivity contribution in [2.75, 3.05) is 12.4 Å². The van der Waals surface area contributed by atoms with Gasteiger partial charge in [0.2, 0.25) is 12.2 Å². The van der Waals surface area contributed by atoms with Gasteiger partial charge in [-0.3, -0.25) is 4.79 Å². The summed E-state index contributed by atoms with van der Waals surface area (Å²) in [7, 11) is 1.30. The first-order chi connectivity index (χ1) is 8.74. The average molecular weight is 245 g/mol. The number of ether oxygens (including phenoxy) is 1. The molecular formula is C13H11NO4. The molecule has 0 spiro atoms. The van der Waals surface area contributed by atoms with Gasteiger partial charge in [-0.15, -0.1) is 0 Å². The molecule has 5 nitrogen and oxygen atoms in total. The second-order valence-electron chi connectivity index (χ2n) is 3.50. The van der Waals surface area contributed by atoms with E-state index in [1.54, 1.807) is 36.4 Å². The maximum atomic E-state index is 11.2. The van der Waals surface area contributed by atoms with Crippen LogP contribution in [0, 0.1) is 0 Å². The largest absolute Gasteiger partial charge is 0.463 e. The Morgan fingerprint density at radius 1 is 1.22 bits per heavy atom. The number of rotatable bonds is 4. The van der Waals surface area contributed by atoms with E-state index in [9.17, 15) is 9.59 Å². The van der Waals surface area contributed by atoms with Crippen molar-refractivity contribution < 1.29 is 18.7 Å². The number of benzene rings is 1. The minimum atomic E-state index is -0.513. The molecule has 1 aromatic heterocycles. The molecule has 0 fully saturated rings. The predicted octanol–water partition coefficient (Wildman–Crippen LogP) is 2.30. The third-order valence-electron chi connectivity index (χ3n) is 2.39. The van der Waals surface area contributed by atoms with E-state index in [1.807, 2.05) is 0 Å². The summed E-state index contributed by atoms with van der Waals surface area (Å²) in [6.45, 7) is 0. The monoisotopic (exact) mass is 245 g/mol. The molecule has 0 aliphatic rings. The zero-order chi connectivity index (χ0) is 13.0. The lowest BCUT2D eigenvalue weighted by Gasteiger charge is -2.00. The summed E-state index contributed by atoms with van der Waals surface area (Å²) >= 11 is 0. The minimum absolute atomic E-state index is 0.155. The number of amides is 1. The Morgan fingerprint density at radius 3 is 2.56 bits per heavy atom. The molecule has 0 aliphatic carbocycles. The first-order valence-electron chi connectivity index (χ1n) is 5.23. The van der Waals surface area contributed by atoms with Crippen LogP contribution in [0.3, 0.4) is 0 Å². The van der Waals surface area contributed by atoms with Crippen molar-refractivity contribution in [2.24, 2.45) is 0 Å². The van der Waals surface area contributed by atoms with E-state index >= 15 is 0 Å². The highest BCUT2D eigenvalue weighted by Crippen LogP contribution is 2.23. The van der Waals surface area contributed by atoms with Crippen molar-refractivity contribution in [3.8, 4) is 11.3 Å². The number of esters is 1. The van der Waals surface area contributed by atoms with Gasteiger partial charge in [-0.2, -0.15) is 0 Å². The summed E-state index contributed by atoms with van der Waals surface area (Å²) in [5.41, 5.74) is 1.50. The van der Waals surface area contributed by atoms with E-state index in [0.29, 0.717) is 17.9 Å². The van der Waals surface area contributed by atoms with Gasteiger partial charge in [0, 0.05) is 11.3 Å². The lowest BCUT2D eigenvalue weighted by Crippen LogP contribution is -1.98. The molecule has 0 radical (unpaired) electrons. The third kappa shape index (κ3) is 2.40. The fourth-order valence-corrected chi connectivity index (χ4v) is 1.50. The zero-order valence-electron chi connectivity index (χ0n) is 9.67. The Hall–Kier alpha value is -2.56. The maximum Gasteiger partial charge on any atom is 0.373 e. The highest BCUT2D eigenvalue weighted by atomic mass is 16.5. The first kappa shape index (κ1) is 11.9. The van der Waals surface area contributed by atoms with Gasteiger partial charge in [0.05, 0.1) is 7.11 Å². The normalized spacial score (nSPS) is 9.83. The molecule has 92 valence electrons. The summed E-state index contributed by atoms with van der Waals surface area (Å²) in [5.74, 6) is 0.205. The number of methoxy groups -OCH3 is 1. The van der Waals surface area contributed by atoms with Gasteiger partial charge in [0.15, 0.2) is 0 Å². The van der Waals surface area contributed by atoms with Crippen molar-refractivity contribution in [1.82, 2.24) is 0 Å². The van der Waals surface area contributed by atoms with Crippen LogP contribution in [0.2, 0.25) is 0 Å². The molecule has 0 atom stereocenters. The number of hydrogen-bond donors (Lipinski definition) is 1. The Kier molecular flexibility index (Phi) is 3.43. The van der Waals surface area contributed by atoms with E-state index in [2.05, 4.69) is 10.1 Å². The van der Waals surface area contributed by atoms with Crippen LogP contribution in [0.4, 0.5) is 5.69 Å². The maximum absolute atomic E-state index is 11.2. The number of carbonyl (C=O) groups excluding carboxylic acids is 2. The van der Waals surface area contributed by atoms with Gasteiger partial charge in [-0.1, -0.05) is 0 Å². The number of hydrogen-bond acceptors (Lipinski definition) is 4. The Balaban J connectivity index is 2.23. The third-order valence-corrected chi connectivity index (χ3v) is 2.39. The van der Waals surface area contributed by atoms with Crippen molar-refractivity contribution in [2.45, 2.75) is 0 Å². The number of carbonyl (C=O) groups is 2. The molecule has 1 N–H and O–H groups in total. The van der Waals surface area contributed by atoms with E-state index < -0.39 is 5.97 Å². The SMILES string of the molecule is COC(=O)c1ccc(-c2ccc(NC=O)cc2)o1. The molecule has 0 unspecified atom stereocenters. The Morgan fingerprint density at radius 2 is 1.94 bits per heavy atom. The molecule has 2 aromatic rings. The average Bonchev–Trinajstić information content (AvgIpc) is 2.89.